The monoisotopic (exact) mass is 321 g/mol. The Labute approximate surface area is 125 Å². The summed E-state index contributed by atoms with van der Waals surface area (Å²) in [5, 5.41) is 2.58. The highest BCUT2D eigenvalue weighted by molar-refractivity contribution is 7.88. The molecule has 6 nitrogen and oxygen atoms in total. The van der Waals surface area contributed by atoms with E-state index in [1.54, 1.807) is 12.1 Å². The molecular formula is C12H20ClN3O3S. The maximum absolute atomic E-state index is 11.7. The van der Waals surface area contributed by atoms with Crippen LogP contribution in [0.25, 0.3) is 0 Å². The molecular weight excluding hydrogens is 302 g/mol. The molecule has 0 spiro atoms. The SMILES string of the molecule is Cc1ccc(C(N)C(=O)NCCNS(C)(=O)=O)cc1.Cl. The van der Waals surface area contributed by atoms with E-state index in [1.807, 2.05) is 19.1 Å². The van der Waals surface area contributed by atoms with Crippen LogP contribution >= 0.6 is 12.4 Å². The van der Waals surface area contributed by atoms with Gasteiger partial charge in [0.2, 0.25) is 15.9 Å². The number of rotatable bonds is 6. The van der Waals surface area contributed by atoms with E-state index < -0.39 is 16.1 Å². The average molecular weight is 322 g/mol. The summed E-state index contributed by atoms with van der Waals surface area (Å²) in [6, 6.07) is 6.61. The van der Waals surface area contributed by atoms with Crippen molar-refractivity contribution in [3.8, 4) is 0 Å². The highest BCUT2D eigenvalue weighted by Crippen LogP contribution is 2.11. The molecule has 0 saturated heterocycles. The summed E-state index contributed by atoms with van der Waals surface area (Å²) in [6.07, 6.45) is 1.06. The second-order valence-corrected chi connectivity index (χ2v) is 6.18. The molecule has 8 heteroatoms. The number of hydrogen-bond donors (Lipinski definition) is 3. The molecule has 0 heterocycles. The molecule has 1 rings (SSSR count). The zero-order chi connectivity index (χ0) is 14.5. The van der Waals surface area contributed by atoms with Crippen LogP contribution < -0.4 is 15.8 Å². The summed E-state index contributed by atoms with van der Waals surface area (Å²) in [4.78, 5) is 11.7. The summed E-state index contributed by atoms with van der Waals surface area (Å²) >= 11 is 0. The number of hydrogen-bond acceptors (Lipinski definition) is 4. The van der Waals surface area contributed by atoms with Crippen LogP contribution in [0.3, 0.4) is 0 Å². The van der Waals surface area contributed by atoms with Crippen molar-refractivity contribution in [3.63, 3.8) is 0 Å². The molecule has 0 radical (unpaired) electrons. The fourth-order valence-electron chi connectivity index (χ4n) is 1.46. The molecule has 1 aromatic carbocycles. The Hall–Kier alpha value is -1.15. The van der Waals surface area contributed by atoms with Gasteiger partial charge < -0.3 is 11.1 Å². The molecule has 1 aromatic rings. The van der Waals surface area contributed by atoms with Gasteiger partial charge in [0.1, 0.15) is 6.04 Å². The van der Waals surface area contributed by atoms with Crippen molar-refractivity contribution >= 4 is 28.3 Å². The summed E-state index contributed by atoms with van der Waals surface area (Å²) in [5.41, 5.74) is 7.62. The molecule has 0 bridgehead atoms. The van der Waals surface area contributed by atoms with Gasteiger partial charge in [0.15, 0.2) is 0 Å². The van der Waals surface area contributed by atoms with E-state index in [-0.39, 0.29) is 31.4 Å². The molecule has 0 aromatic heterocycles. The highest BCUT2D eigenvalue weighted by Gasteiger charge is 2.14. The van der Waals surface area contributed by atoms with Crippen LogP contribution in [0.5, 0.6) is 0 Å². The molecule has 1 amide bonds. The third-order valence-corrected chi connectivity index (χ3v) is 3.24. The van der Waals surface area contributed by atoms with Crippen molar-refractivity contribution in [1.29, 1.82) is 0 Å². The smallest absolute Gasteiger partial charge is 0.241 e. The van der Waals surface area contributed by atoms with Gasteiger partial charge in [-0.15, -0.1) is 12.4 Å². The lowest BCUT2D eigenvalue weighted by Crippen LogP contribution is -2.39. The van der Waals surface area contributed by atoms with Crippen LogP contribution in [-0.2, 0) is 14.8 Å². The van der Waals surface area contributed by atoms with Crippen molar-refractivity contribution in [2.45, 2.75) is 13.0 Å². The largest absolute Gasteiger partial charge is 0.353 e. The predicted molar refractivity (Wildman–Crippen MR) is 81.2 cm³/mol. The normalized spacial score (nSPS) is 12.3. The second kappa shape index (κ2) is 8.21. The Morgan fingerprint density at radius 3 is 2.30 bits per heavy atom. The Morgan fingerprint density at radius 1 is 1.25 bits per heavy atom. The van der Waals surface area contributed by atoms with Crippen LogP contribution in [-0.4, -0.2) is 33.7 Å². The van der Waals surface area contributed by atoms with Gasteiger partial charge in [0.25, 0.3) is 0 Å². The summed E-state index contributed by atoms with van der Waals surface area (Å²) in [7, 11) is -3.23. The van der Waals surface area contributed by atoms with Crippen LogP contribution in [0.2, 0.25) is 0 Å². The molecule has 0 fully saturated rings. The fourth-order valence-corrected chi connectivity index (χ4v) is 1.93. The van der Waals surface area contributed by atoms with Crippen molar-refractivity contribution in [1.82, 2.24) is 10.0 Å². The molecule has 4 N–H and O–H groups in total. The minimum absolute atomic E-state index is 0. The van der Waals surface area contributed by atoms with Gasteiger partial charge in [-0.3, -0.25) is 4.79 Å². The van der Waals surface area contributed by atoms with E-state index in [0.717, 1.165) is 17.4 Å². The number of aryl methyl sites for hydroxylation is 1. The fraction of sp³-hybridized carbons (Fsp3) is 0.417. The number of benzene rings is 1. The molecule has 0 aliphatic carbocycles. The lowest BCUT2D eigenvalue weighted by molar-refractivity contribution is -0.122. The van der Waals surface area contributed by atoms with Gasteiger partial charge in [-0.2, -0.15) is 0 Å². The molecule has 0 aliphatic rings. The van der Waals surface area contributed by atoms with Crippen LogP contribution in [0.15, 0.2) is 24.3 Å². The first-order valence-electron chi connectivity index (χ1n) is 5.84. The van der Waals surface area contributed by atoms with Crippen LogP contribution in [0, 0.1) is 6.92 Å². The minimum Gasteiger partial charge on any atom is -0.353 e. The van der Waals surface area contributed by atoms with E-state index in [0.29, 0.717) is 0 Å². The van der Waals surface area contributed by atoms with E-state index >= 15 is 0 Å². The lowest BCUT2D eigenvalue weighted by atomic mass is 10.1. The van der Waals surface area contributed by atoms with Gasteiger partial charge in [-0.05, 0) is 12.5 Å². The first kappa shape index (κ1) is 18.9. The van der Waals surface area contributed by atoms with Gasteiger partial charge >= 0.3 is 0 Å². The summed E-state index contributed by atoms with van der Waals surface area (Å²) in [6.45, 7) is 2.29. The minimum atomic E-state index is -3.23. The van der Waals surface area contributed by atoms with Gasteiger partial charge in [0.05, 0.1) is 6.26 Å². The molecule has 0 saturated carbocycles. The van der Waals surface area contributed by atoms with Crippen molar-refractivity contribution in [2.75, 3.05) is 19.3 Å². The number of amides is 1. The zero-order valence-electron chi connectivity index (χ0n) is 11.4. The van der Waals surface area contributed by atoms with Gasteiger partial charge in [0, 0.05) is 13.1 Å². The standard InChI is InChI=1S/C12H19N3O3S.ClH/c1-9-3-5-10(6-4-9)11(13)12(16)14-7-8-15-19(2,17)18;/h3-6,11,15H,7-8,13H2,1-2H3,(H,14,16);1H. The number of nitrogens with two attached hydrogens (primary N) is 1. The molecule has 0 aliphatic heterocycles. The topological polar surface area (TPSA) is 101 Å². The molecule has 20 heavy (non-hydrogen) atoms. The first-order chi connectivity index (χ1) is 8.79. The number of nitrogens with one attached hydrogen (secondary N) is 2. The van der Waals surface area contributed by atoms with Crippen molar-refractivity contribution in [3.05, 3.63) is 35.4 Å². The van der Waals surface area contributed by atoms with Crippen LogP contribution in [0.4, 0.5) is 0 Å². The quantitative estimate of drug-likeness (QED) is 0.646. The van der Waals surface area contributed by atoms with Crippen molar-refractivity contribution in [2.24, 2.45) is 5.73 Å². The molecule has 1 unspecified atom stereocenters. The Morgan fingerprint density at radius 2 is 1.80 bits per heavy atom. The summed E-state index contributed by atoms with van der Waals surface area (Å²) in [5.74, 6) is -0.334. The predicted octanol–water partition coefficient (Wildman–Crippen LogP) is 0.0820. The maximum Gasteiger partial charge on any atom is 0.241 e. The number of sulfonamides is 1. The zero-order valence-corrected chi connectivity index (χ0v) is 13.1. The molecule has 114 valence electrons. The Kier molecular flexibility index (Phi) is 7.74. The van der Waals surface area contributed by atoms with Gasteiger partial charge in [-0.1, -0.05) is 29.8 Å². The Bertz CT molecular complexity index is 531. The van der Waals surface area contributed by atoms with Crippen LogP contribution in [0.1, 0.15) is 17.2 Å². The third kappa shape index (κ3) is 6.85. The highest BCUT2D eigenvalue weighted by atomic mass is 35.5. The van der Waals surface area contributed by atoms with E-state index in [2.05, 4.69) is 10.0 Å². The second-order valence-electron chi connectivity index (χ2n) is 4.35. The van der Waals surface area contributed by atoms with E-state index in [9.17, 15) is 13.2 Å². The maximum atomic E-state index is 11.7. The number of carbonyl (C=O) groups is 1. The van der Waals surface area contributed by atoms with Crippen molar-refractivity contribution < 1.29 is 13.2 Å². The lowest BCUT2D eigenvalue weighted by Gasteiger charge is -2.12. The number of carbonyl (C=O) groups excluding carboxylic acids is 1. The van der Waals surface area contributed by atoms with Gasteiger partial charge in [-0.25, -0.2) is 13.1 Å². The number of halogens is 1. The third-order valence-electron chi connectivity index (χ3n) is 2.51. The molecule has 1 atom stereocenters. The van der Waals surface area contributed by atoms with E-state index in [4.69, 9.17) is 5.73 Å². The van der Waals surface area contributed by atoms with E-state index in [1.165, 1.54) is 0 Å². The average Bonchev–Trinajstić information content (AvgIpc) is 2.33. The summed E-state index contributed by atoms with van der Waals surface area (Å²) < 4.78 is 23.9. The Balaban J connectivity index is 0.00000361. The first-order valence-corrected chi connectivity index (χ1v) is 7.73.